The smallest absolute Gasteiger partial charge is 0.234 e. The van der Waals surface area contributed by atoms with E-state index in [9.17, 15) is 0 Å². The second kappa shape index (κ2) is 4.27. The Morgan fingerprint density at radius 2 is 2.19 bits per heavy atom. The minimum absolute atomic E-state index is 0.555. The van der Waals surface area contributed by atoms with Crippen molar-refractivity contribution in [1.82, 2.24) is 19.8 Å². The Balaban J connectivity index is 1.59. The molecule has 0 amide bonds. The van der Waals surface area contributed by atoms with Crippen molar-refractivity contribution in [2.45, 2.75) is 31.6 Å². The average Bonchev–Trinajstić information content (AvgIpc) is 3.11. The molecule has 0 spiro atoms. The number of hydrogen-bond donors (Lipinski definition) is 1. The SMILES string of the molecule is c1cc2c(cc1-c1nn3c(C4CCC4)nnc3s1)CCN2. The fraction of sp³-hybridized carbons (Fsp3) is 0.400. The average molecular weight is 297 g/mol. The number of hydrogen-bond acceptors (Lipinski definition) is 5. The Labute approximate surface area is 126 Å². The highest BCUT2D eigenvalue weighted by Crippen LogP contribution is 2.37. The van der Waals surface area contributed by atoms with Crippen LogP contribution in [0.15, 0.2) is 18.2 Å². The van der Waals surface area contributed by atoms with Gasteiger partial charge in [-0.3, -0.25) is 0 Å². The summed E-state index contributed by atoms with van der Waals surface area (Å²) < 4.78 is 1.95. The van der Waals surface area contributed by atoms with Gasteiger partial charge in [-0.15, -0.1) is 10.2 Å². The van der Waals surface area contributed by atoms with Crippen molar-refractivity contribution in [1.29, 1.82) is 0 Å². The number of nitrogens with one attached hydrogen (secondary N) is 1. The van der Waals surface area contributed by atoms with Crippen LogP contribution in [0.1, 0.15) is 36.6 Å². The Bertz CT molecular complexity index is 830. The molecule has 0 saturated heterocycles. The highest BCUT2D eigenvalue weighted by molar-refractivity contribution is 7.19. The fourth-order valence-electron chi connectivity index (χ4n) is 3.11. The van der Waals surface area contributed by atoms with E-state index < -0.39 is 0 Å². The van der Waals surface area contributed by atoms with Gasteiger partial charge in [0.15, 0.2) is 5.82 Å². The van der Waals surface area contributed by atoms with E-state index in [0.29, 0.717) is 5.92 Å². The monoisotopic (exact) mass is 297 g/mol. The number of aromatic nitrogens is 4. The fourth-order valence-corrected chi connectivity index (χ4v) is 3.95. The highest BCUT2D eigenvalue weighted by Gasteiger charge is 2.26. The van der Waals surface area contributed by atoms with Crippen LogP contribution in [0, 0.1) is 0 Å². The molecule has 2 aliphatic rings. The van der Waals surface area contributed by atoms with Gasteiger partial charge in [-0.25, -0.2) is 0 Å². The molecular weight excluding hydrogens is 282 g/mol. The minimum atomic E-state index is 0.555. The molecule has 1 fully saturated rings. The largest absolute Gasteiger partial charge is 0.384 e. The van der Waals surface area contributed by atoms with Crippen LogP contribution in [0.5, 0.6) is 0 Å². The predicted octanol–water partition coefficient (Wildman–Crippen LogP) is 3.09. The van der Waals surface area contributed by atoms with Crippen molar-refractivity contribution >= 4 is 22.0 Å². The van der Waals surface area contributed by atoms with Crippen molar-refractivity contribution in [3.05, 3.63) is 29.6 Å². The molecule has 1 aromatic carbocycles. The first-order valence-corrected chi connectivity index (χ1v) is 8.29. The first-order valence-electron chi connectivity index (χ1n) is 7.48. The third kappa shape index (κ3) is 1.72. The maximum Gasteiger partial charge on any atom is 0.234 e. The summed E-state index contributed by atoms with van der Waals surface area (Å²) in [6, 6.07) is 6.56. The van der Waals surface area contributed by atoms with Crippen LogP contribution in [0.25, 0.3) is 15.5 Å². The summed E-state index contributed by atoms with van der Waals surface area (Å²) in [7, 11) is 0. The van der Waals surface area contributed by atoms with Gasteiger partial charge >= 0.3 is 0 Å². The van der Waals surface area contributed by atoms with Crippen LogP contribution in [0.3, 0.4) is 0 Å². The van der Waals surface area contributed by atoms with Crippen LogP contribution in [0.2, 0.25) is 0 Å². The van der Waals surface area contributed by atoms with Gasteiger partial charge in [0.25, 0.3) is 0 Å². The Kier molecular flexibility index (Phi) is 2.38. The van der Waals surface area contributed by atoms with E-state index >= 15 is 0 Å². The van der Waals surface area contributed by atoms with Gasteiger partial charge < -0.3 is 5.32 Å². The standard InChI is InChI=1S/C15H15N5S/c1-2-9(3-1)13-17-18-15-20(13)19-14(21-15)11-4-5-12-10(8-11)6-7-16-12/h4-5,8-9,16H,1-3,6-7H2. The molecule has 3 aromatic rings. The van der Waals surface area contributed by atoms with Gasteiger partial charge in [0.05, 0.1) is 0 Å². The van der Waals surface area contributed by atoms with Gasteiger partial charge in [0.2, 0.25) is 4.96 Å². The molecule has 0 atom stereocenters. The first kappa shape index (κ1) is 11.7. The molecule has 0 bridgehead atoms. The summed E-state index contributed by atoms with van der Waals surface area (Å²) in [5.41, 5.74) is 3.84. The van der Waals surface area contributed by atoms with E-state index in [1.165, 1.54) is 36.1 Å². The molecule has 5 nitrogen and oxygen atoms in total. The number of nitrogens with zero attached hydrogens (tertiary/aromatic N) is 4. The summed E-state index contributed by atoms with van der Waals surface area (Å²) in [6.07, 6.45) is 4.84. The van der Waals surface area contributed by atoms with Crippen molar-refractivity contribution < 1.29 is 0 Å². The van der Waals surface area contributed by atoms with Gasteiger partial charge in [-0.2, -0.15) is 9.61 Å². The maximum atomic E-state index is 4.76. The van der Waals surface area contributed by atoms with E-state index in [1.54, 1.807) is 11.3 Å². The van der Waals surface area contributed by atoms with Crippen molar-refractivity contribution in [3.8, 4) is 10.6 Å². The zero-order valence-electron chi connectivity index (χ0n) is 11.5. The molecule has 2 aromatic heterocycles. The molecule has 1 saturated carbocycles. The lowest BCUT2D eigenvalue weighted by Gasteiger charge is -2.22. The maximum absolute atomic E-state index is 4.76. The quantitative estimate of drug-likeness (QED) is 0.789. The van der Waals surface area contributed by atoms with Crippen LogP contribution in [-0.2, 0) is 6.42 Å². The van der Waals surface area contributed by atoms with Crippen molar-refractivity contribution in [2.75, 3.05) is 11.9 Å². The number of fused-ring (bicyclic) bond motifs is 2. The van der Waals surface area contributed by atoms with E-state index in [0.717, 1.165) is 28.8 Å². The Morgan fingerprint density at radius 1 is 1.24 bits per heavy atom. The number of rotatable bonds is 2. The molecule has 1 aliphatic heterocycles. The molecule has 6 heteroatoms. The number of anilines is 1. The third-order valence-corrected chi connectivity index (χ3v) is 5.50. The summed E-state index contributed by atoms with van der Waals surface area (Å²) in [6.45, 7) is 1.04. The Morgan fingerprint density at radius 3 is 3.05 bits per heavy atom. The lowest BCUT2D eigenvalue weighted by Crippen LogP contribution is -2.12. The third-order valence-electron chi connectivity index (χ3n) is 4.55. The van der Waals surface area contributed by atoms with Crippen LogP contribution in [0.4, 0.5) is 5.69 Å². The van der Waals surface area contributed by atoms with Gasteiger partial charge in [-0.1, -0.05) is 17.8 Å². The molecule has 106 valence electrons. The lowest BCUT2D eigenvalue weighted by atomic mass is 9.85. The molecule has 0 unspecified atom stereocenters. The topological polar surface area (TPSA) is 55.1 Å². The zero-order chi connectivity index (χ0) is 13.8. The van der Waals surface area contributed by atoms with Gasteiger partial charge in [-0.05, 0) is 43.0 Å². The number of benzene rings is 1. The van der Waals surface area contributed by atoms with E-state index in [2.05, 4.69) is 33.7 Å². The van der Waals surface area contributed by atoms with E-state index in [1.807, 2.05) is 4.52 Å². The van der Waals surface area contributed by atoms with E-state index in [-0.39, 0.29) is 0 Å². The summed E-state index contributed by atoms with van der Waals surface area (Å²) in [4.78, 5) is 0.908. The molecular formula is C15H15N5S. The van der Waals surface area contributed by atoms with Crippen LogP contribution >= 0.6 is 11.3 Å². The Hall–Kier alpha value is -1.95. The minimum Gasteiger partial charge on any atom is -0.384 e. The second-order valence-electron chi connectivity index (χ2n) is 5.84. The summed E-state index contributed by atoms with van der Waals surface area (Å²) in [5.74, 6) is 1.60. The highest BCUT2D eigenvalue weighted by atomic mass is 32.1. The van der Waals surface area contributed by atoms with Crippen LogP contribution < -0.4 is 5.32 Å². The molecule has 3 heterocycles. The second-order valence-corrected chi connectivity index (χ2v) is 6.79. The van der Waals surface area contributed by atoms with Gasteiger partial charge in [0, 0.05) is 23.7 Å². The molecule has 1 N–H and O–H groups in total. The zero-order valence-corrected chi connectivity index (χ0v) is 12.4. The predicted molar refractivity (Wildman–Crippen MR) is 82.9 cm³/mol. The van der Waals surface area contributed by atoms with E-state index in [4.69, 9.17) is 5.10 Å². The first-order chi connectivity index (χ1) is 10.4. The summed E-state index contributed by atoms with van der Waals surface area (Å²) in [5, 5.41) is 17.8. The van der Waals surface area contributed by atoms with Crippen molar-refractivity contribution in [2.24, 2.45) is 0 Å². The lowest BCUT2D eigenvalue weighted by molar-refractivity contribution is 0.395. The molecule has 5 rings (SSSR count). The summed E-state index contributed by atoms with van der Waals surface area (Å²) >= 11 is 1.63. The van der Waals surface area contributed by atoms with Crippen LogP contribution in [-0.4, -0.2) is 26.4 Å². The molecule has 0 radical (unpaired) electrons. The van der Waals surface area contributed by atoms with Crippen molar-refractivity contribution in [3.63, 3.8) is 0 Å². The molecule has 1 aliphatic carbocycles. The van der Waals surface area contributed by atoms with Gasteiger partial charge in [0.1, 0.15) is 5.01 Å². The normalized spacial score (nSPS) is 17.7. The molecule has 21 heavy (non-hydrogen) atoms.